The van der Waals surface area contributed by atoms with Gasteiger partial charge < -0.3 is 4.90 Å². The van der Waals surface area contributed by atoms with Gasteiger partial charge in [0.25, 0.3) is 0 Å². The van der Waals surface area contributed by atoms with Crippen molar-refractivity contribution in [1.29, 1.82) is 0 Å². The molecule has 0 unspecified atom stereocenters. The Morgan fingerprint density at radius 2 is 2.10 bits per heavy atom. The molecule has 1 amide bonds. The quantitative estimate of drug-likeness (QED) is 0.890. The van der Waals surface area contributed by atoms with Gasteiger partial charge in [0, 0.05) is 26.1 Å². The van der Waals surface area contributed by atoms with Crippen LogP contribution in [-0.2, 0) is 14.8 Å². The van der Waals surface area contributed by atoms with Gasteiger partial charge in [-0.25, -0.2) is 13.1 Å². The fourth-order valence-corrected chi connectivity index (χ4v) is 3.40. The molecule has 20 heavy (non-hydrogen) atoms. The van der Waals surface area contributed by atoms with E-state index in [2.05, 4.69) is 4.72 Å². The van der Waals surface area contributed by atoms with Gasteiger partial charge in [0.2, 0.25) is 15.9 Å². The number of benzene rings is 1. The van der Waals surface area contributed by atoms with Crippen molar-refractivity contribution in [2.24, 2.45) is 0 Å². The van der Waals surface area contributed by atoms with Gasteiger partial charge in [-0.1, -0.05) is 12.1 Å². The number of aryl methyl sites for hydroxylation is 1. The minimum absolute atomic E-state index is 0.117. The molecule has 0 bridgehead atoms. The average molecular weight is 296 g/mol. The number of nitrogens with one attached hydrogen (secondary N) is 1. The van der Waals surface area contributed by atoms with E-state index in [0.717, 1.165) is 24.9 Å². The van der Waals surface area contributed by atoms with E-state index in [0.29, 0.717) is 13.0 Å². The maximum absolute atomic E-state index is 12.1. The van der Waals surface area contributed by atoms with Gasteiger partial charge in [0.15, 0.2) is 0 Å². The van der Waals surface area contributed by atoms with Gasteiger partial charge in [-0.2, -0.15) is 0 Å². The highest BCUT2D eigenvalue weighted by atomic mass is 32.2. The lowest BCUT2D eigenvalue weighted by molar-refractivity contribution is -0.133. The van der Waals surface area contributed by atoms with E-state index in [4.69, 9.17) is 0 Å². The average Bonchev–Trinajstić information content (AvgIpc) is 2.41. The molecule has 1 aliphatic rings. The van der Waals surface area contributed by atoms with Crippen LogP contribution in [0.25, 0.3) is 0 Å². The van der Waals surface area contributed by atoms with Crippen LogP contribution in [0.4, 0.5) is 0 Å². The minimum atomic E-state index is -3.49. The standard InChI is InChI=1S/C14H20N2O3S/c1-12-5-4-6-13(11-12)20(18,19)15-8-10-16-9-3-2-7-14(16)17/h4-6,11,15H,2-3,7-10H2,1H3. The van der Waals surface area contributed by atoms with E-state index in [1.807, 2.05) is 13.0 Å². The number of nitrogens with zero attached hydrogens (tertiary/aromatic N) is 1. The van der Waals surface area contributed by atoms with Crippen LogP contribution in [0.15, 0.2) is 29.2 Å². The second-order valence-electron chi connectivity index (χ2n) is 5.05. The second kappa shape index (κ2) is 6.37. The molecule has 1 aliphatic heterocycles. The first-order valence-corrected chi connectivity index (χ1v) is 8.31. The van der Waals surface area contributed by atoms with Gasteiger partial charge in [-0.05, 0) is 37.5 Å². The number of likely N-dealkylation sites (tertiary alicyclic amines) is 1. The highest BCUT2D eigenvalue weighted by molar-refractivity contribution is 7.89. The van der Waals surface area contributed by atoms with Crippen LogP contribution < -0.4 is 4.72 Å². The van der Waals surface area contributed by atoms with Gasteiger partial charge in [-0.3, -0.25) is 4.79 Å². The molecular weight excluding hydrogens is 276 g/mol. The van der Waals surface area contributed by atoms with Crippen molar-refractivity contribution in [2.45, 2.75) is 31.1 Å². The minimum Gasteiger partial charge on any atom is -0.341 e. The summed E-state index contributed by atoms with van der Waals surface area (Å²) in [6.07, 6.45) is 2.51. The Balaban J connectivity index is 1.91. The maximum atomic E-state index is 12.1. The number of piperidine rings is 1. The third kappa shape index (κ3) is 3.80. The molecule has 6 heteroatoms. The predicted molar refractivity (Wildman–Crippen MR) is 76.8 cm³/mol. The monoisotopic (exact) mass is 296 g/mol. The number of hydrogen-bond donors (Lipinski definition) is 1. The summed E-state index contributed by atoms with van der Waals surface area (Å²) < 4.78 is 26.7. The maximum Gasteiger partial charge on any atom is 0.240 e. The molecule has 1 heterocycles. The van der Waals surface area contributed by atoms with E-state index in [9.17, 15) is 13.2 Å². The van der Waals surface area contributed by atoms with Crippen LogP contribution in [0, 0.1) is 6.92 Å². The molecule has 1 aromatic carbocycles. The second-order valence-corrected chi connectivity index (χ2v) is 6.82. The van der Waals surface area contributed by atoms with Gasteiger partial charge in [0.05, 0.1) is 4.90 Å². The zero-order chi connectivity index (χ0) is 14.6. The molecule has 110 valence electrons. The zero-order valence-electron chi connectivity index (χ0n) is 11.6. The Bertz CT molecular complexity index is 584. The Hall–Kier alpha value is -1.40. The first-order chi connectivity index (χ1) is 9.49. The van der Waals surface area contributed by atoms with Crippen LogP contribution >= 0.6 is 0 Å². The molecule has 1 N–H and O–H groups in total. The van der Waals surface area contributed by atoms with E-state index < -0.39 is 10.0 Å². The Morgan fingerprint density at radius 3 is 2.80 bits per heavy atom. The fraction of sp³-hybridized carbons (Fsp3) is 0.500. The van der Waals surface area contributed by atoms with Crippen LogP contribution in [-0.4, -0.2) is 38.9 Å². The third-order valence-corrected chi connectivity index (χ3v) is 4.85. The molecule has 0 saturated carbocycles. The highest BCUT2D eigenvalue weighted by Gasteiger charge is 2.19. The normalized spacial score (nSPS) is 16.4. The summed E-state index contributed by atoms with van der Waals surface area (Å²) in [7, 11) is -3.49. The summed E-state index contributed by atoms with van der Waals surface area (Å²) in [5.74, 6) is 0.117. The lowest BCUT2D eigenvalue weighted by atomic mass is 10.1. The van der Waals surface area contributed by atoms with E-state index in [1.54, 1.807) is 23.1 Å². The SMILES string of the molecule is Cc1cccc(S(=O)(=O)NCCN2CCCCC2=O)c1. The van der Waals surface area contributed by atoms with Crippen LogP contribution in [0.1, 0.15) is 24.8 Å². The van der Waals surface area contributed by atoms with Crippen molar-refractivity contribution in [3.63, 3.8) is 0 Å². The molecule has 0 aliphatic carbocycles. The van der Waals surface area contributed by atoms with Crippen molar-refractivity contribution in [1.82, 2.24) is 9.62 Å². The number of amides is 1. The van der Waals surface area contributed by atoms with Crippen LogP contribution in [0.5, 0.6) is 0 Å². The third-order valence-electron chi connectivity index (χ3n) is 3.40. The molecule has 0 radical (unpaired) electrons. The van der Waals surface area contributed by atoms with E-state index in [-0.39, 0.29) is 17.3 Å². The molecular formula is C14H20N2O3S. The topological polar surface area (TPSA) is 66.5 Å². The number of rotatable bonds is 5. The summed E-state index contributed by atoms with van der Waals surface area (Å²) in [5.41, 5.74) is 0.902. The molecule has 5 nitrogen and oxygen atoms in total. The molecule has 2 rings (SSSR count). The summed E-state index contributed by atoms with van der Waals surface area (Å²) >= 11 is 0. The lowest BCUT2D eigenvalue weighted by Crippen LogP contribution is -2.41. The molecule has 0 spiro atoms. The smallest absolute Gasteiger partial charge is 0.240 e. The predicted octanol–water partition coefficient (Wildman–Crippen LogP) is 1.29. The Labute approximate surface area is 120 Å². The zero-order valence-corrected chi connectivity index (χ0v) is 12.4. The van der Waals surface area contributed by atoms with Gasteiger partial charge in [-0.15, -0.1) is 0 Å². The van der Waals surface area contributed by atoms with Crippen molar-refractivity contribution in [3.05, 3.63) is 29.8 Å². The van der Waals surface area contributed by atoms with Crippen molar-refractivity contribution >= 4 is 15.9 Å². The summed E-state index contributed by atoms with van der Waals surface area (Å²) in [6.45, 7) is 3.27. The van der Waals surface area contributed by atoms with Crippen LogP contribution in [0.3, 0.4) is 0 Å². The first kappa shape index (κ1) is 15.0. The highest BCUT2D eigenvalue weighted by Crippen LogP contribution is 2.11. The molecule has 1 fully saturated rings. The number of sulfonamides is 1. The van der Waals surface area contributed by atoms with Crippen LogP contribution in [0.2, 0.25) is 0 Å². The summed E-state index contributed by atoms with van der Waals surface area (Å²) in [6, 6.07) is 6.78. The van der Waals surface area contributed by atoms with Gasteiger partial charge >= 0.3 is 0 Å². The largest absolute Gasteiger partial charge is 0.341 e. The van der Waals surface area contributed by atoms with E-state index in [1.165, 1.54) is 0 Å². The van der Waals surface area contributed by atoms with Crippen molar-refractivity contribution < 1.29 is 13.2 Å². The number of carbonyl (C=O) groups is 1. The first-order valence-electron chi connectivity index (χ1n) is 6.83. The van der Waals surface area contributed by atoms with Gasteiger partial charge in [0.1, 0.15) is 0 Å². The summed E-state index contributed by atoms with van der Waals surface area (Å²) in [4.78, 5) is 13.6. The van der Waals surface area contributed by atoms with Crippen molar-refractivity contribution in [2.75, 3.05) is 19.6 Å². The van der Waals surface area contributed by atoms with E-state index >= 15 is 0 Å². The number of carbonyl (C=O) groups excluding carboxylic acids is 1. The summed E-state index contributed by atoms with van der Waals surface area (Å²) in [5, 5.41) is 0. The lowest BCUT2D eigenvalue weighted by Gasteiger charge is -2.26. The Kier molecular flexibility index (Phi) is 4.77. The fourth-order valence-electron chi connectivity index (χ4n) is 2.28. The van der Waals surface area contributed by atoms with Crippen molar-refractivity contribution in [3.8, 4) is 0 Å². The molecule has 0 atom stereocenters. The number of hydrogen-bond acceptors (Lipinski definition) is 3. The molecule has 0 aromatic heterocycles. The Morgan fingerprint density at radius 1 is 1.30 bits per heavy atom. The molecule has 1 aromatic rings. The molecule has 1 saturated heterocycles.